The zero-order valence-corrected chi connectivity index (χ0v) is 10.6. The molecule has 1 rings (SSSR count). The average Bonchev–Trinajstić information content (AvgIpc) is 2.23. The van der Waals surface area contributed by atoms with E-state index in [9.17, 15) is 0 Å². The Morgan fingerprint density at radius 1 is 1.50 bits per heavy atom. The molecule has 0 saturated carbocycles. The third kappa shape index (κ3) is 2.48. The van der Waals surface area contributed by atoms with Gasteiger partial charge in [-0.25, -0.2) is 0 Å². The van der Waals surface area contributed by atoms with Crippen LogP contribution in [0, 0.1) is 13.8 Å². The third-order valence-corrected chi connectivity index (χ3v) is 3.12. The second-order valence-electron chi connectivity index (χ2n) is 3.87. The maximum Gasteiger partial charge on any atom is 0.126 e. The summed E-state index contributed by atoms with van der Waals surface area (Å²) >= 11 is 6.12. The van der Waals surface area contributed by atoms with Crippen molar-refractivity contribution in [3.05, 3.63) is 27.8 Å². The lowest BCUT2D eigenvalue weighted by Crippen LogP contribution is -2.15. The molecule has 0 spiro atoms. The molecule has 1 aromatic carbocycles. The maximum absolute atomic E-state index is 8.94. The highest BCUT2D eigenvalue weighted by atomic mass is 35.5. The van der Waals surface area contributed by atoms with E-state index in [1.165, 1.54) is 0 Å². The van der Waals surface area contributed by atoms with Gasteiger partial charge in [-0.2, -0.15) is 0 Å². The Labute approximate surface area is 101 Å². The van der Waals surface area contributed by atoms with E-state index in [2.05, 4.69) is 0 Å². The van der Waals surface area contributed by atoms with E-state index in [-0.39, 0.29) is 12.6 Å². The second-order valence-corrected chi connectivity index (χ2v) is 4.27. The molecule has 4 heteroatoms. The highest BCUT2D eigenvalue weighted by molar-refractivity contribution is 6.31. The van der Waals surface area contributed by atoms with Crippen molar-refractivity contribution in [1.82, 2.24) is 0 Å². The van der Waals surface area contributed by atoms with E-state index in [0.29, 0.717) is 11.4 Å². The first-order valence-electron chi connectivity index (χ1n) is 5.23. The number of benzene rings is 1. The van der Waals surface area contributed by atoms with Gasteiger partial charge >= 0.3 is 0 Å². The van der Waals surface area contributed by atoms with Crippen molar-refractivity contribution in [2.24, 2.45) is 5.73 Å². The predicted octanol–water partition coefficient (Wildman–Crippen LogP) is 2.35. The van der Waals surface area contributed by atoms with Crippen LogP contribution in [0.1, 0.15) is 29.2 Å². The molecule has 0 saturated heterocycles. The lowest BCUT2D eigenvalue weighted by atomic mass is 9.96. The third-order valence-electron chi connectivity index (χ3n) is 2.72. The van der Waals surface area contributed by atoms with Gasteiger partial charge in [0.25, 0.3) is 0 Å². The van der Waals surface area contributed by atoms with Crippen LogP contribution in [0.2, 0.25) is 5.02 Å². The zero-order chi connectivity index (χ0) is 12.3. The normalized spacial score (nSPS) is 12.6. The molecule has 1 atom stereocenters. The van der Waals surface area contributed by atoms with Crippen LogP contribution in [0.3, 0.4) is 0 Å². The van der Waals surface area contributed by atoms with Crippen LogP contribution in [0.4, 0.5) is 0 Å². The number of hydrogen-bond acceptors (Lipinski definition) is 3. The van der Waals surface area contributed by atoms with Crippen molar-refractivity contribution < 1.29 is 9.84 Å². The van der Waals surface area contributed by atoms with E-state index in [1.54, 1.807) is 7.11 Å². The standard InChI is InChI=1S/C12H18ClNO2/c1-7-6-9(13)8(2)11(12(7)16-3)10(14)4-5-15/h6,10,15H,4-5,14H2,1-3H3. The summed E-state index contributed by atoms with van der Waals surface area (Å²) in [4.78, 5) is 0. The molecule has 0 fully saturated rings. The van der Waals surface area contributed by atoms with Gasteiger partial charge in [-0.3, -0.25) is 0 Å². The average molecular weight is 244 g/mol. The van der Waals surface area contributed by atoms with Crippen LogP contribution in [-0.4, -0.2) is 18.8 Å². The molecule has 0 aliphatic heterocycles. The monoisotopic (exact) mass is 243 g/mol. The van der Waals surface area contributed by atoms with Gasteiger partial charge in [0.2, 0.25) is 0 Å². The Balaban J connectivity index is 3.32. The van der Waals surface area contributed by atoms with Gasteiger partial charge in [0.05, 0.1) is 7.11 Å². The van der Waals surface area contributed by atoms with E-state index < -0.39 is 0 Å². The summed E-state index contributed by atoms with van der Waals surface area (Å²) < 4.78 is 5.36. The number of aryl methyl sites for hydroxylation is 1. The van der Waals surface area contributed by atoms with Gasteiger partial charge in [-0.15, -0.1) is 0 Å². The molecule has 0 amide bonds. The van der Waals surface area contributed by atoms with Crippen molar-refractivity contribution in [2.45, 2.75) is 26.3 Å². The van der Waals surface area contributed by atoms with E-state index in [0.717, 1.165) is 22.4 Å². The van der Waals surface area contributed by atoms with Crippen LogP contribution in [0.25, 0.3) is 0 Å². The smallest absolute Gasteiger partial charge is 0.126 e. The summed E-state index contributed by atoms with van der Waals surface area (Å²) in [6.45, 7) is 3.89. The number of rotatable bonds is 4. The van der Waals surface area contributed by atoms with Gasteiger partial charge < -0.3 is 15.6 Å². The lowest BCUT2D eigenvalue weighted by molar-refractivity contribution is 0.275. The molecular weight excluding hydrogens is 226 g/mol. The Morgan fingerprint density at radius 2 is 2.12 bits per heavy atom. The van der Waals surface area contributed by atoms with Gasteiger partial charge in [-0.05, 0) is 37.5 Å². The van der Waals surface area contributed by atoms with Gasteiger partial charge in [0.15, 0.2) is 0 Å². The highest BCUT2D eigenvalue weighted by Gasteiger charge is 2.18. The predicted molar refractivity (Wildman–Crippen MR) is 66.1 cm³/mol. The number of aliphatic hydroxyl groups is 1. The van der Waals surface area contributed by atoms with Gasteiger partial charge in [-0.1, -0.05) is 11.6 Å². The van der Waals surface area contributed by atoms with Crippen LogP contribution in [0.5, 0.6) is 5.75 Å². The Kier molecular flexibility index (Phi) is 4.59. The number of nitrogens with two attached hydrogens (primary N) is 1. The molecule has 90 valence electrons. The van der Waals surface area contributed by atoms with Crippen molar-refractivity contribution in [3.8, 4) is 5.75 Å². The summed E-state index contributed by atoms with van der Waals surface area (Å²) in [5, 5.41) is 9.62. The minimum Gasteiger partial charge on any atom is -0.496 e. The largest absolute Gasteiger partial charge is 0.496 e. The summed E-state index contributed by atoms with van der Waals surface area (Å²) in [6, 6.07) is 1.61. The molecule has 16 heavy (non-hydrogen) atoms. The zero-order valence-electron chi connectivity index (χ0n) is 9.88. The Morgan fingerprint density at radius 3 is 2.62 bits per heavy atom. The molecule has 3 nitrogen and oxygen atoms in total. The summed E-state index contributed by atoms with van der Waals surface area (Å²) in [7, 11) is 1.62. The summed E-state index contributed by atoms with van der Waals surface area (Å²) in [5.41, 5.74) is 8.79. The van der Waals surface area contributed by atoms with Crippen LogP contribution in [-0.2, 0) is 0 Å². The Bertz CT molecular complexity index is 380. The molecule has 0 aromatic heterocycles. The van der Waals surface area contributed by atoms with E-state index >= 15 is 0 Å². The fourth-order valence-electron chi connectivity index (χ4n) is 1.88. The van der Waals surface area contributed by atoms with Crippen LogP contribution in [0.15, 0.2) is 6.07 Å². The molecule has 0 aliphatic rings. The summed E-state index contributed by atoms with van der Waals surface area (Å²) in [5.74, 6) is 0.767. The lowest BCUT2D eigenvalue weighted by Gasteiger charge is -2.20. The van der Waals surface area contributed by atoms with Crippen molar-refractivity contribution >= 4 is 11.6 Å². The topological polar surface area (TPSA) is 55.5 Å². The number of halogens is 1. The van der Waals surface area contributed by atoms with Crippen LogP contribution >= 0.6 is 11.6 Å². The van der Waals surface area contributed by atoms with Crippen LogP contribution < -0.4 is 10.5 Å². The van der Waals surface area contributed by atoms with E-state index in [4.69, 9.17) is 27.2 Å². The van der Waals surface area contributed by atoms with Gasteiger partial charge in [0.1, 0.15) is 5.75 Å². The number of ether oxygens (including phenoxy) is 1. The van der Waals surface area contributed by atoms with Gasteiger partial charge in [0, 0.05) is 23.2 Å². The number of methoxy groups -OCH3 is 1. The SMILES string of the molecule is COc1c(C)cc(Cl)c(C)c1C(N)CCO. The minimum atomic E-state index is -0.252. The molecule has 0 radical (unpaired) electrons. The van der Waals surface area contributed by atoms with Crippen molar-refractivity contribution in [3.63, 3.8) is 0 Å². The molecule has 1 aromatic rings. The maximum atomic E-state index is 8.94. The Hall–Kier alpha value is -0.770. The molecule has 0 aliphatic carbocycles. The second kappa shape index (κ2) is 5.53. The summed E-state index contributed by atoms with van der Waals surface area (Å²) in [6.07, 6.45) is 0.497. The molecule has 0 heterocycles. The molecule has 0 bridgehead atoms. The molecule has 3 N–H and O–H groups in total. The van der Waals surface area contributed by atoms with E-state index in [1.807, 2.05) is 19.9 Å². The van der Waals surface area contributed by atoms with Crippen molar-refractivity contribution in [1.29, 1.82) is 0 Å². The minimum absolute atomic E-state index is 0.0509. The highest BCUT2D eigenvalue weighted by Crippen LogP contribution is 2.36. The number of hydrogen-bond donors (Lipinski definition) is 2. The first kappa shape index (κ1) is 13.3. The number of aliphatic hydroxyl groups excluding tert-OH is 1. The quantitative estimate of drug-likeness (QED) is 0.854. The fourth-order valence-corrected chi connectivity index (χ4v) is 2.14. The first-order valence-corrected chi connectivity index (χ1v) is 5.60. The fraction of sp³-hybridized carbons (Fsp3) is 0.500. The molecular formula is C12H18ClNO2. The van der Waals surface area contributed by atoms with Crippen molar-refractivity contribution in [2.75, 3.05) is 13.7 Å². The molecule has 1 unspecified atom stereocenters. The first-order chi connectivity index (χ1) is 7.52.